The van der Waals surface area contributed by atoms with Gasteiger partial charge in [0.15, 0.2) is 0 Å². The van der Waals surface area contributed by atoms with E-state index in [1.807, 2.05) is 48.9 Å². The van der Waals surface area contributed by atoms with E-state index >= 15 is 0 Å². The lowest BCUT2D eigenvalue weighted by atomic mass is 9.86. The molecule has 0 atom stereocenters. The molecule has 0 radical (unpaired) electrons. The molecule has 4 aromatic heterocycles. The summed E-state index contributed by atoms with van der Waals surface area (Å²) in [5.74, 6) is 0.169. The van der Waals surface area contributed by atoms with Crippen LogP contribution in [0.25, 0.3) is 11.3 Å². The summed E-state index contributed by atoms with van der Waals surface area (Å²) in [5, 5.41) is 0. The molecule has 4 nitrogen and oxygen atoms in total. The monoisotopic (exact) mass is 338 g/mol. The lowest BCUT2D eigenvalue weighted by Gasteiger charge is -2.19. The van der Waals surface area contributed by atoms with Crippen molar-refractivity contribution >= 4 is 0 Å². The van der Waals surface area contributed by atoms with E-state index in [1.54, 1.807) is 24.8 Å². The minimum Gasteiger partial charge on any atom is -0.265 e. The number of hydrogen-bond donors (Lipinski definition) is 0. The summed E-state index contributed by atoms with van der Waals surface area (Å²) in [6.07, 6.45) is 13.7. The van der Waals surface area contributed by atoms with Crippen LogP contribution in [-0.4, -0.2) is 19.9 Å². The third-order valence-corrected chi connectivity index (χ3v) is 4.44. The van der Waals surface area contributed by atoms with Gasteiger partial charge in [0.2, 0.25) is 0 Å². The minimum absolute atomic E-state index is 0.169. The third-order valence-electron chi connectivity index (χ3n) is 4.44. The Morgan fingerprint density at radius 3 is 1.92 bits per heavy atom. The van der Waals surface area contributed by atoms with Gasteiger partial charge < -0.3 is 0 Å². The predicted octanol–water partition coefficient (Wildman–Crippen LogP) is 4.31. The Morgan fingerprint density at radius 1 is 0.654 bits per heavy atom. The summed E-state index contributed by atoms with van der Waals surface area (Å²) in [4.78, 5) is 17.4. The van der Waals surface area contributed by atoms with Gasteiger partial charge in [-0.05, 0) is 53.4 Å². The minimum atomic E-state index is 0.169. The van der Waals surface area contributed by atoms with Crippen molar-refractivity contribution in [1.29, 1.82) is 0 Å². The van der Waals surface area contributed by atoms with E-state index in [9.17, 15) is 0 Å². The zero-order chi connectivity index (χ0) is 17.6. The van der Waals surface area contributed by atoms with Crippen molar-refractivity contribution in [3.63, 3.8) is 0 Å². The summed E-state index contributed by atoms with van der Waals surface area (Å²) in [6.45, 7) is 0. The van der Waals surface area contributed by atoms with Crippen LogP contribution in [-0.2, 0) is 6.42 Å². The molecule has 4 aromatic rings. The van der Waals surface area contributed by atoms with Gasteiger partial charge in [-0.25, -0.2) is 0 Å². The lowest BCUT2D eigenvalue weighted by Crippen LogP contribution is -2.07. The van der Waals surface area contributed by atoms with Gasteiger partial charge in [0, 0.05) is 54.9 Å². The summed E-state index contributed by atoms with van der Waals surface area (Å²) in [6, 6.07) is 16.3. The van der Waals surface area contributed by atoms with Gasteiger partial charge in [0.05, 0.1) is 5.69 Å². The maximum absolute atomic E-state index is 4.63. The van der Waals surface area contributed by atoms with E-state index < -0.39 is 0 Å². The highest BCUT2D eigenvalue weighted by molar-refractivity contribution is 5.62. The predicted molar refractivity (Wildman–Crippen MR) is 101 cm³/mol. The van der Waals surface area contributed by atoms with E-state index in [0.717, 1.165) is 17.7 Å². The number of aromatic nitrogens is 4. The molecule has 0 saturated carbocycles. The van der Waals surface area contributed by atoms with Crippen molar-refractivity contribution in [2.24, 2.45) is 0 Å². The average Bonchev–Trinajstić information content (AvgIpc) is 2.74. The molecule has 0 N–H and O–H groups in total. The molecule has 26 heavy (non-hydrogen) atoms. The second-order valence-corrected chi connectivity index (χ2v) is 6.08. The van der Waals surface area contributed by atoms with Gasteiger partial charge in [-0.2, -0.15) is 0 Å². The Labute approximate surface area is 152 Å². The molecule has 126 valence electrons. The number of pyridine rings is 4. The maximum Gasteiger partial charge on any atom is 0.0735 e. The van der Waals surface area contributed by atoms with Gasteiger partial charge in [-0.3, -0.25) is 19.9 Å². The molecule has 0 saturated heterocycles. The smallest absolute Gasteiger partial charge is 0.0735 e. The van der Waals surface area contributed by atoms with Crippen LogP contribution in [0.1, 0.15) is 22.6 Å². The van der Waals surface area contributed by atoms with E-state index in [1.165, 1.54) is 16.7 Å². The molecule has 0 bridgehead atoms. The molecular formula is C22H18N4. The van der Waals surface area contributed by atoms with E-state index in [2.05, 4.69) is 38.1 Å². The molecule has 0 fully saturated rings. The number of hydrogen-bond acceptors (Lipinski definition) is 4. The van der Waals surface area contributed by atoms with E-state index in [-0.39, 0.29) is 5.92 Å². The second kappa shape index (κ2) is 7.66. The second-order valence-electron chi connectivity index (χ2n) is 6.08. The standard InChI is InChI=1S/C22H18N4/c1-5-19(15-24-9-1)21(20-6-2-10-25-16-20)14-18-4-3-11-26-22(18)17-7-12-23-13-8-17/h1-13,15-16,21H,14H2. The van der Waals surface area contributed by atoms with Crippen LogP contribution in [0.4, 0.5) is 0 Å². The number of nitrogens with zero attached hydrogens (tertiary/aromatic N) is 4. The fraction of sp³-hybridized carbons (Fsp3) is 0.0909. The van der Waals surface area contributed by atoms with Gasteiger partial charge >= 0.3 is 0 Å². The van der Waals surface area contributed by atoms with Crippen molar-refractivity contribution in [2.45, 2.75) is 12.3 Å². The van der Waals surface area contributed by atoms with Crippen molar-refractivity contribution < 1.29 is 0 Å². The molecule has 0 amide bonds. The van der Waals surface area contributed by atoms with Crippen LogP contribution in [0.3, 0.4) is 0 Å². The first-order chi connectivity index (χ1) is 12.9. The number of rotatable bonds is 5. The molecule has 0 unspecified atom stereocenters. The Balaban J connectivity index is 1.76. The first-order valence-corrected chi connectivity index (χ1v) is 8.56. The van der Waals surface area contributed by atoms with Crippen LogP contribution < -0.4 is 0 Å². The van der Waals surface area contributed by atoms with E-state index in [0.29, 0.717) is 0 Å². The van der Waals surface area contributed by atoms with Crippen LogP contribution in [0, 0.1) is 0 Å². The largest absolute Gasteiger partial charge is 0.265 e. The SMILES string of the molecule is c1cncc(C(Cc2cccnc2-c2ccncc2)c2cccnc2)c1. The van der Waals surface area contributed by atoms with Gasteiger partial charge in [0.1, 0.15) is 0 Å². The van der Waals surface area contributed by atoms with Crippen LogP contribution in [0.2, 0.25) is 0 Å². The molecule has 0 aliphatic rings. The maximum atomic E-state index is 4.63. The summed E-state index contributed by atoms with van der Waals surface area (Å²) in [7, 11) is 0. The van der Waals surface area contributed by atoms with E-state index in [4.69, 9.17) is 0 Å². The normalized spacial score (nSPS) is 10.8. The Bertz CT molecular complexity index is 917. The third kappa shape index (κ3) is 3.49. The molecule has 4 heterocycles. The molecule has 4 rings (SSSR count). The fourth-order valence-corrected chi connectivity index (χ4v) is 3.19. The van der Waals surface area contributed by atoms with Gasteiger partial charge in [0.25, 0.3) is 0 Å². The van der Waals surface area contributed by atoms with Crippen LogP contribution >= 0.6 is 0 Å². The Hall–Kier alpha value is -3.40. The zero-order valence-corrected chi connectivity index (χ0v) is 14.2. The van der Waals surface area contributed by atoms with Crippen molar-refractivity contribution in [3.8, 4) is 11.3 Å². The summed E-state index contributed by atoms with van der Waals surface area (Å²) < 4.78 is 0. The zero-order valence-electron chi connectivity index (χ0n) is 14.2. The Morgan fingerprint density at radius 2 is 1.31 bits per heavy atom. The molecule has 0 aliphatic carbocycles. The lowest BCUT2D eigenvalue weighted by molar-refractivity contribution is 0.792. The highest BCUT2D eigenvalue weighted by Crippen LogP contribution is 2.31. The highest BCUT2D eigenvalue weighted by Gasteiger charge is 2.18. The Kier molecular flexibility index (Phi) is 4.74. The average molecular weight is 338 g/mol. The van der Waals surface area contributed by atoms with Crippen molar-refractivity contribution in [1.82, 2.24) is 19.9 Å². The molecule has 0 aliphatic heterocycles. The molecule has 4 heteroatoms. The van der Waals surface area contributed by atoms with Crippen LogP contribution in [0.5, 0.6) is 0 Å². The van der Waals surface area contributed by atoms with Gasteiger partial charge in [-0.1, -0.05) is 18.2 Å². The van der Waals surface area contributed by atoms with Gasteiger partial charge in [-0.15, -0.1) is 0 Å². The molecule has 0 aromatic carbocycles. The first-order valence-electron chi connectivity index (χ1n) is 8.56. The van der Waals surface area contributed by atoms with Crippen molar-refractivity contribution in [2.75, 3.05) is 0 Å². The quantitative estimate of drug-likeness (QED) is 0.544. The van der Waals surface area contributed by atoms with Crippen LogP contribution in [0.15, 0.2) is 91.9 Å². The highest BCUT2D eigenvalue weighted by atomic mass is 14.7. The van der Waals surface area contributed by atoms with Crippen molar-refractivity contribution in [3.05, 3.63) is 109 Å². The summed E-state index contributed by atoms with van der Waals surface area (Å²) in [5.41, 5.74) is 5.60. The molecular weight excluding hydrogens is 320 g/mol. The molecule has 0 spiro atoms. The fourth-order valence-electron chi connectivity index (χ4n) is 3.19. The first kappa shape index (κ1) is 16.1. The summed E-state index contributed by atoms with van der Waals surface area (Å²) >= 11 is 0. The topological polar surface area (TPSA) is 51.6 Å².